The van der Waals surface area contributed by atoms with Crippen LogP contribution in [0.5, 0.6) is 0 Å². The van der Waals surface area contributed by atoms with E-state index in [4.69, 9.17) is 9.57 Å². The van der Waals surface area contributed by atoms with Gasteiger partial charge in [0.2, 0.25) is 0 Å². The lowest BCUT2D eigenvalue weighted by atomic mass is 10.2. The number of fused-ring (bicyclic) bond motifs is 1. The summed E-state index contributed by atoms with van der Waals surface area (Å²) in [6, 6.07) is 0. The SMILES string of the molecule is CC(C)(C)OC(=O)N1CC2CC2O1. The number of amides is 1. The summed E-state index contributed by atoms with van der Waals surface area (Å²) in [6.45, 7) is 6.24. The van der Waals surface area contributed by atoms with Crippen molar-refractivity contribution in [2.75, 3.05) is 6.54 Å². The fourth-order valence-electron chi connectivity index (χ4n) is 1.39. The highest BCUT2D eigenvalue weighted by Gasteiger charge is 2.49. The summed E-state index contributed by atoms with van der Waals surface area (Å²) < 4.78 is 5.15. The van der Waals surface area contributed by atoms with Gasteiger partial charge in [-0.15, -0.1) is 0 Å². The van der Waals surface area contributed by atoms with Crippen LogP contribution < -0.4 is 0 Å². The first-order valence-electron chi connectivity index (χ1n) is 4.63. The molecule has 1 heterocycles. The predicted octanol–water partition coefficient (Wildman–Crippen LogP) is 1.56. The van der Waals surface area contributed by atoms with Gasteiger partial charge in [-0.3, -0.25) is 4.84 Å². The molecular weight excluding hydrogens is 170 g/mol. The molecule has 1 amide bonds. The normalized spacial score (nSPS) is 31.5. The van der Waals surface area contributed by atoms with Crippen molar-refractivity contribution >= 4 is 6.09 Å². The maximum absolute atomic E-state index is 11.4. The van der Waals surface area contributed by atoms with E-state index in [0.717, 1.165) is 6.42 Å². The maximum Gasteiger partial charge on any atom is 0.434 e. The summed E-state index contributed by atoms with van der Waals surface area (Å²) in [6.07, 6.45) is 1.02. The predicted molar refractivity (Wildman–Crippen MR) is 45.9 cm³/mol. The van der Waals surface area contributed by atoms with Gasteiger partial charge >= 0.3 is 6.09 Å². The number of hydroxylamine groups is 2. The minimum absolute atomic E-state index is 0.285. The van der Waals surface area contributed by atoms with Crippen LogP contribution in [0.15, 0.2) is 0 Å². The second-order valence-corrected chi connectivity index (χ2v) is 4.68. The minimum atomic E-state index is -0.437. The van der Waals surface area contributed by atoms with Crippen molar-refractivity contribution in [3.8, 4) is 0 Å². The molecule has 2 fully saturated rings. The van der Waals surface area contributed by atoms with Crippen molar-refractivity contribution < 1.29 is 14.4 Å². The third-order valence-electron chi connectivity index (χ3n) is 2.12. The molecule has 0 spiro atoms. The van der Waals surface area contributed by atoms with Crippen molar-refractivity contribution in [3.05, 3.63) is 0 Å². The van der Waals surface area contributed by atoms with Crippen molar-refractivity contribution in [3.63, 3.8) is 0 Å². The van der Waals surface area contributed by atoms with Crippen LogP contribution >= 0.6 is 0 Å². The third-order valence-corrected chi connectivity index (χ3v) is 2.12. The average Bonchev–Trinajstić information content (AvgIpc) is 2.55. The first-order chi connectivity index (χ1) is 5.96. The summed E-state index contributed by atoms with van der Waals surface area (Å²) in [5.41, 5.74) is -0.437. The molecule has 4 nitrogen and oxygen atoms in total. The summed E-state index contributed by atoms with van der Waals surface area (Å²) in [5.74, 6) is 0.563. The Morgan fingerprint density at radius 1 is 1.54 bits per heavy atom. The molecule has 0 N–H and O–H groups in total. The van der Waals surface area contributed by atoms with Crippen LogP contribution in [-0.2, 0) is 9.57 Å². The van der Waals surface area contributed by atoms with E-state index in [0.29, 0.717) is 12.5 Å². The van der Waals surface area contributed by atoms with Gasteiger partial charge in [0.1, 0.15) is 5.60 Å². The molecule has 1 aliphatic heterocycles. The van der Waals surface area contributed by atoms with Gasteiger partial charge in [0.15, 0.2) is 0 Å². The van der Waals surface area contributed by atoms with Crippen molar-refractivity contribution in [1.29, 1.82) is 0 Å². The molecule has 2 rings (SSSR count). The Labute approximate surface area is 77.7 Å². The van der Waals surface area contributed by atoms with Gasteiger partial charge < -0.3 is 4.74 Å². The van der Waals surface area contributed by atoms with E-state index in [1.54, 1.807) is 0 Å². The Morgan fingerprint density at radius 3 is 2.69 bits per heavy atom. The molecule has 2 aliphatic rings. The van der Waals surface area contributed by atoms with Crippen LogP contribution in [0.4, 0.5) is 4.79 Å². The largest absolute Gasteiger partial charge is 0.442 e. The zero-order valence-corrected chi connectivity index (χ0v) is 8.24. The fourth-order valence-corrected chi connectivity index (χ4v) is 1.39. The van der Waals surface area contributed by atoms with E-state index in [-0.39, 0.29) is 12.2 Å². The molecule has 4 heteroatoms. The molecule has 2 unspecified atom stereocenters. The number of carbonyl (C=O) groups is 1. The topological polar surface area (TPSA) is 38.8 Å². The highest BCUT2D eigenvalue weighted by atomic mass is 16.7. The third kappa shape index (κ3) is 1.94. The van der Waals surface area contributed by atoms with Gasteiger partial charge in [0, 0.05) is 5.92 Å². The zero-order valence-electron chi connectivity index (χ0n) is 8.24. The van der Waals surface area contributed by atoms with Crippen LogP contribution in [0.3, 0.4) is 0 Å². The quantitative estimate of drug-likeness (QED) is 0.574. The second-order valence-electron chi connectivity index (χ2n) is 4.68. The van der Waals surface area contributed by atoms with E-state index in [1.165, 1.54) is 5.06 Å². The molecule has 0 aromatic rings. The molecular formula is C9H15NO3. The van der Waals surface area contributed by atoms with E-state index < -0.39 is 5.60 Å². The Bertz CT molecular complexity index is 224. The van der Waals surface area contributed by atoms with Gasteiger partial charge in [0.05, 0.1) is 12.6 Å². The second kappa shape index (κ2) is 2.61. The molecule has 2 atom stereocenters. The lowest BCUT2D eigenvalue weighted by molar-refractivity contribution is -0.128. The summed E-state index contributed by atoms with van der Waals surface area (Å²) >= 11 is 0. The number of nitrogens with zero attached hydrogens (tertiary/aromatic N) is 1. The van der Waals surface area contributed by atoms with Crippen molar-refractivity contribution in [2.24, 2.45) is 5.92 Å². The lowest BCUT2D eigenvalue weighted by Crippen LogP contribution is -2.35. The Balaban J connectivity index is 1.84. The van der Waals surface area contributed by atoms with E-state index in [9.17, 15) is 4.79 Å². The average molecular weight is 185 g/mol. The van der Waals surface area contributed by atoms with Gasteiger partial charge in [-0.25, -0.2) is 4.79 Å². The van der Waals surface area contributed by atoms with E-state index in [1.807, 2.05) is 20.8 Å². The van der Waals surface area contributed by atoms with Crippen LogP contribution in [0, 0.1) is 5.92 Å². The van der Waals surface area contributed by atoms with E-state index >= 15 is 0 Å². The monoisotopic (exact) mass is 185 g/mol. The lowest BCUT2D eigenvalue weighted by Gasteiger charge is -2.24. The molecule has 1 saturated carbocycles. The van der Waals surface area contributed by atoms with Gasteiger partial charge in [-0.05, 0) is 27.2 Å². The molecule has 74 valence electrons. The van der Waals surface area contributed by atoms with E-state index in [2.05, 4.69) is 0 Å². The number of hydrogen-bond donors (Lipinski definition) is 0. The van der Waals surface area contributed by atoms with Gasteiger partial charge in [-0.1, -0.05) is 0 Å². The van der Waals surface area contributed by atoms with Gasteiger partial charge in [-0.2, -0.15) is 5.06 Å². The highest BCUT2D eigenvalue weighted by molar-refractivity contribution is 5.67. The number of hydrogen-bond acceptors (Lipinski definition) is 3. The number of carbonyl (C=O) groups excluding carboxylic acids is 1. The van der Waals surface area contributed by atoms with Crippen LogP contribution in [0.1, 0.15) is 27.2 Å². The molecule has 13 heavy (non-hydrogen) atoms. The summed E-state index contributed by atoms with van der Waals surface area (Å²) in [4.78, 5) is 16.7. The zero-order chi connectivity index (χ0) is 9.64. The molecule has 1 aliphatic carbocycles. The maximum atomic E-state index is 11.4. The van der Waals surface area contributed by atoms with Crippen molar-refractivity contribution in [1.82, 2.24) is 5.06 Å². The highest BCUT2D eigenvalue weighted by Crippen LogP contribution is 2.41. The van der Waals surface area contributed by atoms with Crippen LogP contribution in [-0.4, -0.2) is 29.4 Å². The van der Waals surface area contributed by atoms with Crippen LogP contribution in [0.2, 0.25) is 0 Å². The number of rotatable bonds is 0. The first-order valence-corrected chi connectivity index (χ1v) is 4.63. The molecule has 0 aromatic heterocycles. The number of ether oxygens (including phenoxy) is 1. The Morgan fingerprint density at radius 2 is 2.23 bits per heavy atom. The minimum Gasteiger partial charge on any atom is -0.442 e. The Kier molecular flexibility index (Phi) is 1.77. The van der Waals surface area contributed by atoms with Gasteiger partial charge in [0.25, 0.3) is 0 Å². The Hall–Kier alpha value is -0.770. The van der Waals surface area contributed by atoms with Crippen LogP contribution in [0.25, 0.3) is 0 Å². The summed E-state index contributed by atoms with van der Waals surface area (Å²) in [7, 11) is 0. The fraction of sp³-hybridized carbons (Fsp3) is 0.889. The standard InChI is InChI=1S/C9H15NO3/c1-9(2,3)12-8(11)10-5-6-4-7(6)13-10/h6-7H,4-5H2,1-3H3. The molecule has 1 saturated heterocycles. The molecule has 0 bridgehead atoms. The first kappa shape index (κ1) is 8.81. The summed E-state index contributed by atoms with van der Waals surface area (Å²) in [5, 5.41) is 1.34. The smallest absolute Gasteiger partial charge is 0.434 e. The van der Waals surface area contributed by atoms with Crippen molar-refractivity contribution in [2.45, 2.75) is 38.9 Å². The molecule has 0 radical (unpaired) electrons. The molecule has 0 aromatic carbocycles.